The van der Waals surface area contributed by atoms with Gasteiger partial charge in [0, 0.05) is 6.42 Å². The van der Waals surface area contributed by atoms with Gasteiger partial charge in [0.05, 0.1) is 17.4 Å². The molecule has 0 bridgehead atoms. The molecule has 10 heteroatoms. The van der Waals surface area contributed by atoms with Gasteiger partial charge >= 0.3 is 5.97 Å². The lowest BCUT2D eigenvalue weighted by molar-refractivity contribution is -0.384. The minimum Gasteiger partial charge on any atom is -0.481 e. The Kier molecular flexibility index (Phi) is 3.87. The summed E-state index contributed by atoms with van der Waals surface area (Å²) in [5.41, 5.74) is -1.12. The summed E-state index contributed by atoms with van der Waals surface area (Å²) in [7, 11) is 0. The number of rotatable bonds is 5. The number of benzene rings is 1. The van der Waals surface area contributed by atoms with E-state index in [4.69, 9.17) is 9.52 Å². The molecule has 0 amide bonds. The average molecular weight is 299 g/mol. The molecule has 0 saturated carbocycles. The van der Waals surface area contributed by atoms with E-state index < -0.39 is 28.2 Å². The van der Waals surface area contributed by atoms with Crippen LogP contribution in [0.4, 0.5) is 14.5 Å². The Balaban J connectivity index is 2.39. The minimum atomic E-state index is -1.38. The van der Waals surface area contributed by atoms with Crippen LogP contribution in [0.3, 0.4) is 0 Å². The number of nitro benzene ring substituents is 1. The molecule has 0 fully saturated rings. The van der Waals surface area contributed by atoms with Gasteiger partial charge in [-0.05, 0) is 6.07 Å². The van der Waals surface area contributed by atoms with Gasteiger partial charge in [0.2, 0.25) is 5.89 Å². The summed E-state index contributed by atoms with van der Waals surface area (Å²) in [4.78, 5) is 20.3. The smallest absolute Gasteiger partial charge is 0.303 e. The molecule has 0 aliphatic rings. The molecule has 0 saturated heterocycles. The van der Waals surface area contributed by atoms with Crippen molar-refractivity contribution in [3.8, 4) is 11.5 Å². The Bertz CT molecular complexity index is 716. The van der Waals surface area contributed by atoms with E-state index in [2.05, 4.69) is 10.2 Å². The molecule has 0 spiro atoms. The van der Waals surface area contributed by atoms with E-state index in [1.807, 2.05) is 0 Å². The molecule has 110 valence electrons. The SMILES string of the molecule is O=C(O)CCc1nnc(-c2cc(F)c(F)cc2[N+](=O)[O-])o1. The summed E-state index contributed by atoms with van der Waals surface area (Å²) in [6.45, 7) is 0. The summed E-state index contributed by atoms with van der Waals surface area (Å²) in [5.74, 6) is -4.24. The molecular weight excluding hydrogens is 292 g/mol. The van der Waals surface area contributed by atoms with Crippen molar-refractivity contribution in [1.29, 1.82) is 0 Å². The molecule has 0 atom stereocenters. The Labute approximate surface area is 115 Å². The van der Waals surface area contributed by atoms with Gasteiger partial charge in [0.15, 0.2) is 11.6 Å². The van der Waals surface area contributed by atoms with Crippen LogP contribution < -0.4 is 0 Å². The molecule has 2 aromatic rings. The number of carbonyl (C=O) groups is 1. The zero-order valence-electron chi connectivity index (χ0n) is 10.2. The number of carboxylic acids is 1. The first-order valence-corrected chi connectivity index (χ1v) is 5.56. The number of aromatic nitrogens is 2. The summed E-state index contributed by atoms with van der Waals surface area (Å²) in [6, 6.07) is 0.980. The molecular formula is C11H7F2N3O5. The standard InChI is InChI=1S/C11H7F2N3O5/c12-6-3-5(8(16(19)20)4-7(6)13)11-15-14-9(21-11)1-2-10(17)18/h3-4H,1-2H2,(H,17,18). The third-order valence-corrected chi connectivity index (χ3v) is 2.49. The van der Waals surface area contributed by atoms with Crippen LogP contribution in [0.2, 0.25) is 0 Å². The van der Waals surface area contributed by atoms with E-state index in [0.717, 1.165) is 0 Å². The lowest BCUT2D eigenvalue weighted by Crippen LogP contribution is -1.97. The maximum atomic E-state index is 13.2. The number of nitrogens with zero attached hydrogens (tertiary/aromatic N) is 3. The summed E-state index contributed by atoms with van der Waals surface area (Å²) in [5, 5.41) is 26.3. The van der Waals surface area contributed by atoms with E-state index in [1.54, 1.807) is 0 Å². The second kappa shape index (κ2) is 5.61. The van der Waals surface area contributed by atoms with Crippen molar-refractivity contribution in [3.05, 3.63) is 39.8 Å². The Morgan fingerprint density at radius 1 is 1.33 bits per heavy atom. The Hall–Kier alpha value is -2.91. The molecule has 0 aliphatic carbocycles. The lowest BCUT2D eigenvalue weighted by atomic mass is 10.1. The van der Waals surface area contributed by atoms with Crippen LogP contribution in [0.25, 0.3) is 11.5 Å². The first-order chi connectivity index (χ1) is 9.88. The average Bonchev–Trinajstić information content (AvgIpc) is 2.87. The molecule has 1 N–H and O–H groups in total. The molecule has 0 aliphatic heterocycles. The first kappa shape index (κ1) is 14.5. The van der Waals surface area contributed by atoms with E-state index in [0.29, 0.717) is 12.1 Å². The fourth-order valence-electron chi connectivity index (χ4n) is 1.54. The van der Waals surface area contributed by atoms with E-state index in [-0.39, 0.29) is 30.2 Å². The van der Waals surface area contributed by atoms with Crippen LogP contribution in [0.15, 0.2) is 16.5 Å². The van der Waals surface area contributed by atoms with Crippen LogP contribution in [0, 0.1) is 21.7 Å². The number of hydrogen-bond donors (Lipinski definition) is 1. The summed E-state index contributed by atoms with van der Waals surface area (Å²) < 4.78 is 31.3. The van der Waals surface area contributed by atoms with Gasteiger partial charge in [-0.3, -0.25) is 14.9 Å². The van der Waals surface area contributed by atoms with Crippen LogP contribution in [0.1, 0.15) is 12.3 Å². The third-order valence-electron chi connectivity index (χ3n) is 2.49. The number of hydrogen-bond acceptors (Lipinski definition) is 6. The highest BCUT2D eigenvalue weighted by Crippen LogP contribution is 2.31. The molecule has 1 aromatic carbocycles. The third kappa shape index (κ3) is 3.16. The van der Waals surface area contributed by atoms with E-state index in [1.165, 1.54) is 0 Å². The van der Waals surface area contributed by atoms with E-state index >= 15 is 0 Å². The van der Waals surface area contributed by atoms with Crippen molar-refractivity contribution in [3.63, 3.8) is 0 Å². The maximum absolute atomic E-state index is 13.2. The second-order valence-electron chi connectivity index (χ2n) is 3.94. The minimum absolute atomic E-state index is 0.0774. The Morgan fingerprint density at radius 2 is 2.00 bits per heavy atom. The van der Waals surface area contributed by atoms with Crippen molar-refractivity contribution in [2.24, 2.45) is 0 Å². The topological polar surface area (TPSA) is 119 Å². The van der Waals surface area contributed by atoms with Gasteiger partial charge in [0.1, 0.15) is 5.56 Å². The summed E-state index contributed by atoms with van der Waals surface area (Å²) >= 11 is 0. The molecule has 1 heterocycles. The number of aryl methyl sites for hydroxylation is 1. The molecule has 1 aromatic heterocycles. The summed E-state index contributed by atoms with van der Waals surface area (Å²) in [6.07, 6.45) is -0.360. The lowest BCUT2D eigenvalue weighted by Gasteiger charge is -1.99. The highest BCUT2D eigenvalue weighted by Gasteiger charge is 2.24. The highest BCUT2D eigenvalue weighted by molar-refractivity contribution is 5.67. The van der Waals surface area contributed by atoms with Crippen molar-refractivity contribution in [2.45, 2.75) is 12.8 Å². The number of carboxylic acid groups (broad SMARTS) is 1. The highest BCUT2D eigenvalue weighted by atomic mass is 19.2. The number of nitro groups is 1. The maximum Gasteiger partial charge on any atom is 0.303 e. The zero-order chi connectivity index (χ0) is 15.6. The van der Waals surface area contributed by atoms with Crippen LogP contribution in [-0.4, -0.2) is 26.2 Å². The monoisotopic (exact) mass is 299 g/mol. The van der Waals surface area contributed by atoms with Crippen LogP contribution in [0.5, 0.6) is 0 Å². The normalized spacial score (nSPS) is 10.6. The number of aliphatic carboxylic acids is 1. The van der Waals surface area contributed by atoms with Crippen LogP contribution >= 0.6 is 0 Å². The predicted octanol–water partition coefficient (Wildman–Crippen LogP) is 1.94. The first-order valence-electron chi connectivity index (χ1n) is 5.56. The Morgan fingerprint density at radius 3 is 2.62 bits per heavy atom. The fraction of sp³-hybridized carbons (Fsp3) is 0.182. The quantitative estimate of drug-likeness (QED) is 0.661. The van der Waals surface area contributed by atoms with Gasteiger partial charge in [0.25, 0.3) is 11.6 Å². The van der Waals surface area contributed by atoms with Crippen molar-refractivity contribution in [2.75, 3.05) is 0 Å². The molecule has 8 nitrogen and oxygen atoms in total. The fourth-order valence-corrected chi connectivity index (χ4v) is 1.54. The largest absolute Gasteiger partial charge is 0.481 e. The van der Waals surface area contributed by atoms with Gasteiger partial charge in [-0.15, -0.1) is 10.2 Å². The molecule has 2 rings (SSSR count). The van der Waals surface area contributed by atoms with Gasteiger partial charge in [-0.1, -0.05) is 0 Å². The van der Waals surface area contributed by atoms with Crippen LogP contribution in [-0.2, 0) is 11.2 Å². The molecule has 0 unspecified atom stereocenters. The number of halogens is 2. The van der Waals surface area contributed by atoms with Gasteiger partial charge in [-0.2, -0.15) is 0 Å². The second-order valence-corrected chi connectivity index (χ2v) is 3.94. The molecule has 21 heavy (non-hydrogen) atoms. The van der Waals surface area contributed by atoms with Crippen molar-refractivity contribution >= 4 is 11.7 Å². The van der Waals surface area contributed by atoms with Crippen molar-refractivity contribution < 1.29 is 28.0 Å². The zero-order valence-corrected chi connectivity index (χ0v) is 10.2. The predicted molar refractivity (Wildman–Crippen MR) is 62.3 cm³/mol. The van der Waals surface area contributed by atoms with Gasteiger partial charge < -0.3 is 9.52 Å². The molecule has 0 radical (unpaired) electrons. The van der Waals surface area contributed by atoms with Crippen molar-refractivity contribution in [1.82, 2.24) is 10.2 Å². The van der Waals surface area contributed by atoms with Gasteiger partial charge in [-0.25, -0.2) is 8.78 Å². The van der Waals surface area contributed by atoms with E-state index in [9.17, 15) is 23.7 Å².